The molecule has 1 amide bonds. The van der Waals surface area contributed by atoms with Crippen LogP contribution in [0.1, 0.15) is 12.5 Å². The van der Waals surface area contributed by atoms with Crippen molar-refractivity contribution in [1.29, 1.82) is 0 Å². The maximum atomic E-state index is 13.1. The van der Waals surface area contributed by atoms with Crippen LogP contribution in [0.25, 0.3) is 0 Å². The zero-order chi connectivity index (χ0) is 18.6. The number of alkyl halides is 3. The summed E-state index contributed by atoms with van der Waals surface area (Å²) in [6.45, 7) is 1.43. The molecule has 8 heteroatoms. The average Bonchev–Trinajstić information content (AvgIpc) is 2.55. The van der Waals surface area contributed by atoms with Gasteiger partial charge in [0.1, 0.15) is 11.5 Å². The van der Waals surface area contributed by atoms with Crippen LogP contribution in [-0.4, -0.2) is 19.1 Å². The maximum Gasteiger partial charge on any atom is 0.418 e. The van der Waals surface area contributed by atoms with E-state index in [4.69, 9.17) is 21.1 Å². The summed E-state index contributed by atoms with van der Waals surface area (Å²) in [5.74, 6) is 0.159. The van der Waals surface area contributed by atoms with E-state index in [0.717, 1.165) is 12.1 Å². The minimum atomic E-state index is -4.65. The van der Waals surface area contributed by atoms with E-state index in [-0.39, 0.29) is 10.7 Å². The minimum absolute atomic E-state index is 0.0778. The predicted octanol–water partition coefficient (Wildman–Crippen LogP) is 4.77. The van der Waals surface area contributed by atoms with Crippen LogP contribution in [0.15, 0.2) is 42.5 Å². The lowest BCUT2D eigenvalue weighted by atomic mass is 10.1. The fourth-order valence-corrected chi connectivity index (χ4v) is 2.20. The van der Waals surface area contributed by atoms with Crippen LogP contribution >= 0.6 is 11.6 Å². The van der Waals surface area contributed by atoms with Crippen molar-refractivity contribution in [3.63, 3.8) is 0 Å². The first kappa shape index (κ1) is 18.9. The summed E-state index contributed by atoms with van der Waals surface area (Å²) in [4.78, 5) is 12.2. The number of anilines is 1. The van der Waals surface area contributed by atoms with Crippen molar-refractivity contribution in [2.75, 3.05) is 12.4 Å². The quantitative estimate of drug-likeness (QED) is 0.821. The first-order valence-electron chi connectivity index (χ1n) is 7.19. The van der Waals surface area contributed by atoms with Gasteiger partial charge in [-0.3, -0.25) is 4.79 Å². The zero-order valence-corrected chi connectivity index (χ0v) is 14.1. The summed E-state index contributed by atoms with van der Waals surface area (Å²) in [5, 5.41) is 2.14. The monoisotopic (exact) mass is 373 g/mol. The lowest BCUT2D eigenvalue weighted by Gasteiger charge is -2.18. The van der Waals surface area contributed by atoms with Gasteiger partial charge in [0.05, 0.1) is 18.4 Å². The van der Waals surface area contributed by atoms with Gasteiger partial charge in [0.25, 0.3) is 5.91 Å². The molecule has 2 aromatic rings. The molecule has 25 heavy (non-hydrogen) atoms. The summed E-state index contributed by atoms with van der Waals surface area (Å²) in [7, 11) is 1.48. The topological polar surface area (TPSA) is 47.6 Å². The Labute approximate surface area is 147 Å². The Morgan fingerprint density at radius 3 is 2.48 bits per heavy atom. The molecule has 0 aliphatic heterocycles. The molecule has 0 aliphatic carbocycles. The van der Waals surface area contributed by atoms with E-state index < -0.39 is 23.8 Å². The number of methoxy groups -OCH3 is 1. The molecule has 1 unspecified atom stereocenters. The van der Waals surface area contributed by atoms with E-state index in [1.165, 1.54) is 20.1 Å². The van der Waals surface area contributed by atoms with Crippen LogP contribution in [0.2, 0.25) is 5.02 Å². The van der Waals surface area contributed by atoms with Crippen molar-refractivity contribution < 1.29 is 27.4 Å². The molecular weight excluding hydrogens is 359 g/mol. The molecule has 1 N–H and O–H groups in total. The van der Waals surface area contributed by atoms with Crippen LogP contribution in [0.5, 0.6) is 11.5 Å². The molecule has 4 nitrogen and oxygen atoms in total. The third kappa shape index (κ3) is 5.03. The highest BCUT2D eigenvalue weighted by Crippen LogP contribution is 2.36. The van der Waals surface area contributed by atoms with Gasteiger partial charge in [0.2, 0.25) is 0 Å². The van der Waals surface area contributed by atoms with Gasteiger partial charge >= 0.3 is 6.18 Å². The molecule has 2 aromatic carbocycles. The number of benzene rings is 2. The standard InChI is InChI=1S/C17H15ClF3NO3/c1-10(25-13-5-3-4-12(9-13)24-2)16(23)22-15-7-6-11(18)8-14(15)17(19,20)21/h3-10H,1-2H3,(H,22,23). The van der Waals surface area contributed by atoms with Crippen molar-refractivity contribution in [2.45, 2.75) is 19.2 Å². The minimum Gasteiger partial charge on any atom is -0.497 e. The highest BCUT2D eigenvalue weighted by atomic mass is 35.5. The van der Waals surface area contributed by atoms with Gasteiger partial charge in [-0.2, -0.15) is 13.2 Å². The second kappa shape index (κ2) is 7.65. The number of amides is 1. The Bertz CT molecular complexity index is 765. The zero-order valence-electron chi connectivity index (χ0n) is 13.4. The summed E-state index contributed by atoms with van der Waals surface area (Å²) < 4.78 is 49.6. The van der Waals surface area contributed by atoms with Gasteiger partial charge in [0, 0.05) is 11.1 Å². The molecule has 134 valence electrons. The number of ether oxygens (including phenoxy) is 2. The van der Waals surface area contributed by atoms with Gasteiger partial charge in [-0.05, 0) is 37.3 Å². The van der Waals surface area contributed by atoms with Crippen molar-refractivity contribution >= 4 is 23.2 Å². The lowest BCUT2D eigenvalue weighted by Crippen LogP contribution is -2.31. The number of hydrogen-bond acceptors (Lipinski definition) is 3. The number of carbonyl (C=O) groups is 1. The van der Waals surface area contributed by atoms with Gasteiger partial charge in [-0.25, -0.2) is 0 Å². The Kier molecular flexibility index (Phi) is 5.79. The van der Waals surface area contributed by atoms with Crippen molar-refractivity contribution in [1.82, 2.24) is 0 Å². The Morgan fingerprint density at radius 1 is 1.16 bits per heavy atom. The first-order chi connectivity index (χ1) is 11.7. The first-order valence-corrected chi connectivity index (χ1v) is 7.57. The van der Waals surface area contributed by atoms with Crippen LogP contribution in [0, 0.1) is 0 Å². The molecule has 0 bridgehead atoms. The SMILES string of the molecule is COc1cccc(OC(C)C(=O)Nc2ccc(Cl)cc2C(F)(F)F)c1. The maximum absolute atomic E-state index is 13.1. The van der Waals surface area contributed by atoms with Crippen molar-refractivity contribution in [3.05, 3.63) is 53.1 Å². The number of nitrogens with one attached hydrogen (secondary N) is 1. The molecule has 0 saturated heterocycles. The number of hydrogen-bond donors (Lipinski definition) is 1. The van der Waals surface area contributed by atoms with E-state index in [2.05, 4.69) is 5.32 Å². The van der Waals surface area contributed by atoms with Crippen LogP contribution in [0.4, 0.5) is 18.9 Å². The molecule has 0 heterocycles. The Hall–Kier alpha value is -2.41. The molecule has 2 rings (SSSR count). The Balaban J connectivity index is 2.14. The highest BCUT2D eigenvalue weighted by Gasteiger charge is 2.34. The second-order valence-electron chi connectivity index (χ2n) is 5.12. The third-order valence-electron chi connectivity index (χ3n) is 3.27. The van der Waals surface area contributed by atoms with E-state index in [0.29, 0.717) is 11.5 Å². The van der Waals surface area contributed by atoms with Gasteiger partial charge in [-0.1, -0.05) is 17.7 Å². The van der Waals surface area contributed by atoms with E-state index in [9.17, 15) is 18.0 Å². The molecule has 0 spiro atoms. The summed E-state index contributed by atoms with van der Waals surface area (Å²) in [6, 6.07) is 9.65. The van der Waals surface area contributed by atoms with Gasteiger partial charge in [-0.15, -0.1) is 0 Å². The molecule has 0 fully saturated rings. The Morgan fingerprint density at radius 2 is 1.84 bits per heavy atom. The summed E-state index contributed by atoms with van der Waals surface area (Å²) >= 11 is 5.61. The van der Waals surface area contributed by atoms with E-state index in [1.807, 2.05) is 0 Å². The average molecular weight is 374 g/mol. The van der Waals surface area contributed by atoms with Crippen molar-refractivity contribution in [3.8, 4) is 11.5 Å². The fourth-order valence-electron chi connectivity index (χ4n) is 2.03. The highest BCUT2D eigenvalue weighted by molar-refractivity contribution is 6.30. The molecular formula is C17H15ClF3NO3. The summed E-state index contributed by atoms with van der Waals surface area (Å²) in [6.07, 6.45) is -5.67. The number of rotatable bonds is 5. The van der Waals surface area contributed by atoms with E-state index in [1.54, 1.807) is 24.3 Å². The second-order valence-corrected chi connectivity index (χ2v) is 5.55. The van der Waals surface area contributed by atoms with Crippen LogP contribution < -0.4 is 14.8 Å². The predicted molar refractivity (Wildman–Crippen MR) is 88.2 cm³/mol. The number of halogens is 4. The molecule has 0 aromatic heterocycles. The van der Waals surface area contributed by atoms with Crippen LogP contribution in [0.3, 0.4) is 0 Å². The molecule has 0 saturated carbocycles. The molecule has 0 radical (unpaired) electrons. The lowest BCUT2D eigenvalue weighted by molar-refractivity contribution is -0.137. The third-order valence-corrected chi connectivity index (χ3v) is 3.50. The normalized spacial score (nSPS) is 12.4. The van der Waals surface area contributed by atoms with E-state index >= 15 is 0 Å². The molecule has 0 aliphatic rings. The number of carbonyl (C=O) groups excluding carboxylic acids is 1. The smallest absolute Gasteiger partial charge is 0.418 e. The van der Waals surface area contributed by atoms with Crippen molar-refractivity contribution in [2.24, 2.45) is 0 Å². The largest absolute Gasteiger partial charge is 0.497 e. The van der Waals surface area contributed by atoms with Gasteiger partial charge < -0.3 is 14.8 Å². The molecule has 1 atom stereocenters. The summed E-state index contributed by atoms with van der Waals surface area (Å²) in [5.41, 5.74) is -1.41. The van der Waals surface area contributed by atoms with Gasteiger partial charge in [0.15, 0.2) is 6.10 Å². The fraction of sp³-hybridized carbons (Fsp3) is 0.235. The van der Waals surface area contributed by atoms with Crippen LogP contribution in [-0.2, 0) is 11.0 Å².